The second kappa shape index (κ2) is 5.82. The topological polar surface area (TPSA) is 46.6 Å². The van der Waals surface area contributed by atoms with Crippen LogP contribution in [0.1, 0.15) is 5.56 Å². The van der Waals surface area contributed by atoms with Gasteiger partial charge in [0, 0.05) is 7.05 Å². The van der Waals surface area contributed by atoms with Gasteiger partial charge in [0.15, 0.2) is 6.29 Å². The normalized spacial score (nSPS) is 11.0. The van der Waals surface area contributed by atoms with Crippen LogP contribution in [0.3, 0.4) is 0 Å². The fourth-order valence-corrected chi connectivity index (χ4v) is 1.14. The zero-order valence-corrected chi connectivity index (χ0v) is 9.21. The molecule has 0 heterocycles. The highest BCUT2D eigenvalue weighted by atomic mass is 16.7. The van der Waals surface area contributed by atoms with E-state index in [9.17, 15) is 9.59 Å². The van der Waals surface area contributed by atoms with Gasteiger partial charge in [0.05, 0.1) is 12.7 Å². The number of carbonyl (C=O) groups excluding carboxylic acids is 2. The molecule has 1 aromatic rings. The molecule has 0 radical (unpaired) electrons. The quantitative estimate of drug-likeness (QED) is 0.252. The molecule has 0 fully saturated rings. The molecule has 0 aliphatic carbocycles. The van der Waals surface area contributed by atoms with Crippen molar-refractivity contribution >= 4 is 18.3 Å². The van der Waals surface area contributed by atoms with E-state index in [-0.39, 0.29) is 5.57 Å². The summed E-state index contributed by atoms with van der Waals surface area (Å²) >= 11 is 0. The van der Waals surface area contributed by atoms with Gasteiger partial charge in [-0.25, -0.2) is 5.06 Å². The third-order valence-corrected chi connectivity index (χ3v) is 2.06. The molecule has 84 valence electrons. The molecule has 4 nitrogen and oxygen atoms in total. The minimum atomic E-state index is -0.471. The second-order valence-electron chi connectivity index (χ2n) is 3.11. The molecule has 0 aromatic heterocycles. The van der Waals surface area contributed by atoms with Gasteiger partial charge in [0.2, 0.25) is 0 Å². The number of nitrogens with zero attached hydrogens (tertiary/aromatic N) is 1. The molecule has 0 aliphatic rings. The largest absolute Gasteiger partial charge is 0.298 e. The molecule has 0 bridgehead atoms. The molecule has 16 heavy (non-hydrogen) atoms. The van der Waals surface area contributed by atoms with Gasteiger partial charge in [-0.05, 0) is 11.6 Å². The molecule has 1 rings (SSSR count). The lowest BCUT2D eigenvalue weighted by Gasteiger charge is -2.12. The number of hydrogen-bond acceptors (Lipinski definition) is 3. The first-order chi connectivity index (χ1) is 7.69. The standard InChI is InChI=1S/C12H13NO3/c1-13(16-2)12(15)11(9-14)8-10-6-4-3-5-7-10/h3-9H,1-2H3. The van der Waals surface area contributed by atoms with Crippen LogP contribution in [0.4, 0.5) is 0 Å². The Bertz CT molecular complexity index is 398. The number of rotatable bonds is 4. The van der Waals surface area contributed by atoms with E-state index in [4.69, 9.17) is 4.84 Å². The first kappa shape index (κ1) is 12.1. The summed E-state index contributed by atoms with van der Waals surface area (Å²) < 4.78 is 0. The van der Waals surface area contributed by atoms with E-state index >= 15 is 0 Å². The number of hydroxylamine groups is 2. The zero-order valence-electron chi connectivity index (χ0n) is 9.21. The van der Waals surface area contributed by atoms with Crippen LogP contribution in [-0.4, -0.2) is 31.4 Å². The number of aldehydes is 1. The van der Waals surface area contributed by atoms with Crippen LogP contribution in [-0.2, 0) is 14.4 Å². The monoisotopic (exact) mass is 219 g/mol. The van der Waals surface area contributed by atoms with Gasteiger partial charge in [-0.1, -0.05) is 30.3 Å². The molecular weight excluding hydrogens is 206 g/mol. The average molecular weight is 219 g/mol. The Hall–Kier alpha value is -1.94. The zero-order chi connectivity index (χ0) is 12.0. The summed E-state index contributed by atoms with van der Waals surface area (Å²) in [7, 11) is 2.81. The lowest BCUT2D eigenvalue weighted by Crippen LogP contribution is -2.27. The number of likely N-dealkylation sites (N-methyl/N-ethyl adjacent to an activating group) is 1. The number of amides is 1. The first-order valence-corrected chi connectivity index (χ1v) is 4.73. The van der Waals surface area contributed by atoms with E-state index < -0.39 is 5.91 Å². The number of hydrogen-bond donors (Lipinski definition) is 0. The Morgan fingerprint density at radius 1 is 1.31 bits per heavy atom. The van der Waals surface area contributed by atoms with Crippen molar-refractivity contribution in [2.24, 2.45) is 0 Å². The molecular formula is C12H13NO3. The smallest absolute Gasteiger partial charge is 0.280 e. The molecule has 4 heteroatoms. The third kappa shape index (κ3) is 3.03. The summed E-state index contributed by atoms with van der Waals surface area (Å²) in [6.45, 7) is 0. The van der Waals surface area contributed by atoms with E-state index in [1.54, 1.807) is 0 Å². The average Bonchev–Trinajstić information content (AvgIpc) is 2.35. The fourth-order valence-electron chi connectivity index (χ4n) is 1.14. The summed E-state index contributed by atoms with van der Waals surface area (Å²) in [6, 6.07) is 9.14. The maximum absolute atomic E-state index is 11.6. The van der Waals surface area contributed by atoms with Crippen molar-refractivity contribution in [2.75, 3.05) is 14.2 Å². The lowest BCUT2D eigenvalue weighted by molar-refractivity contribution is -0.163. The highest BCUT2D eigenvalue weighted by molar-refractivity contribution is 6.13. The number of carbonyl (C=O) groups is 2. The van der Waals surface area contributed by atoms with E-state index in [0.717, 1.165) is 10.6 Å². The highest BCUT2D eigenvalue weighted by Crippen LogP contribution is 2.07. The molecule has 0 N–H and O–H groups in total. The van der Waals surface area contributed by atoms with Crippen LogP contribution in [0.5, 0.6) is 0 Å². The van der Waals surface area contributed by atoms with E-state index in [1.807, 2.05) is 30.3 Å². The molecule has 0 saturated carbocycles. The van der Waals surface area contributed by atoms with E-state index in [2.05, 4.69) is 0 Å². The summed E-state index contributed by atoms with van der Waals surface area (Å²) in [6.07, 6.45) is 2.04. The second-order valence-corrected chi connectivity index (χ2v) is 3.11. The minimum absolute atomic E-state index is 0.0514. The van der Waals surface area contributed by atoms with Crippen LogP contribution >= 0.6 is 0 Å². The van der Waals surface area contributed by atoms with Gasteiger partial charge >= 0.3 is 0 Å². The van der Waals surface area contributed by atoms with Gasteiger partial charge in [0.25, 0.3) is 5.91 Å². The summed E-state index contributed by atoms with van der Waals surface area (Å²) in [5.74, 6) is -0.471. The molecule has 0 aliphatic heterocycles. The van der Waals surface area contributed by atoms with Crippen LogP contribution in [0.25, 0.3) is 6.08 Å². The van der Waals surface area contributed by atoms with Crippen molar-refractivity contribution in [3.63, 3.8) is 0 Å². The predicted octanol–water partition coefficient (Wildman–Crippen LogP) is 1.29. The molecule has 1 amide bonds. The van der Waals surface area contributed by atoms with Gasteiger partial charge in [-0.3, -0.25) is 14.4 Å². The molecule has 0 spiro atoms. The summed E-state index contributed by atoms with van der Waals surface area (Å²) in [5.41, 5.74) is 0.845. The Kier molecular flexibility index (Phi) is 4.42. The van der Waals surface area contributed by atoms with Crippen molar-refractivity contribution in [1.82, 2.24) is 5.06 Å². The van der Waals surface area contributed by atoms with Crippen molar-refractivity contribution in [2.45, 2.75) is 0 Å². The summed E-state index contributed by atoms with van der Waals surface area (Å²) in [4.78, 5) is 27.1. The molecule has 0 unspecified atom stereocenters. The Labute approximate surface area is 94.1 Å². The molecule has 0 saturated heterocycles. The van der Waals surface area contributed by atoms with Crippen LogP contribution in [0.15, 0.2) is 35.9 Å². The van der Waals surface area contributed by atoms with Crippen molar-refractivity contribution in [3.05, 3.63) is 41.5 Å². The molecule has 1 aromatic carbocycles. The van der Waals surface area contributed by atoms with Gasteiger partial charge in [-0.15, -0.1) is 0 Å². The maximum Gasteiger partial charge on any atom is 0.280 e. The van der Waals surface area contributed by atoms with Crippen LogP contribution < -0.4 is 0 Å². The van der Waals surface area contributed by atoms with Gasteiger partial charge in [0.1, 0.15) is 0 Å². The van der Waals surface area contributed by atoms with E-state index in [1.165, 1.54) is 20.2 Å². The van der Waals surface area contributed by atoms with Crippen molar-refractivity contribution < 1.29 is 14.4 Å². The van der Waals surface area contributed by atoms with Crippen molar-refractivity contribution in [3.8, 4) is 0 Å². The Balaban J connectivity index is 2.95. The fraction of sp³-hybridized carbons (Fsp3) is 0.167. The SMILES string of the molecule is CON(C)C(=O)C(C=O)=Cc1ccccc1. The predicted molar refractivity (Wildman–Crippen MR) is 60.3 cm³/mol. The van der Waals surface area contributed by atoms with Crippen LogP contribution in [0, 0.1) is 0 Å². The van der Waals surface area contributed by atoms with Crippen LogP contribution in [0.2, 0.25) is 0 Å². The number of benzene rings is 1. The molecule has 0 atom stereocenters. The maximum atomic E-state index is 11.6. The van der Waals surface area contributed by atoms with Crippen molar-refractivity contribution in [1.29, 1.82) is 0 Å². The minimum Gasteiger partial charge on any atom is -0.298 e. The Morgan fingerprint density at radius 3 is 2.44 bits per heavy atom. The highest BCUT2D eigenvalue weighted by Gasteiger charge is 2.13. The third-order valence-electron chi connectivity index (χ3n) is 2.06. The van der Waals surface area contributed by atoms with Gasteiger partial charge < -0.3 is 0 Å². The van der Waals surface area contributed by atoms with E-state index in [0.29, 0.717) is 6.29 Å². The first-order valence-electron chi connectivity index (χ1n) is 4.73. The summed E-state index contributed by atoms with van der Waals surface area (Å²) in [5, 5.41) is 1.00. The Morgan fingerprint density at radius 2 is 1.94 bits per heavy atom. The lowest BCUT2D eigenvalue weighted by atomic mass is 10.1. The van der Waals surface area contributed by atoms with Gasteiger partial charge in [-0.2, -0.15) is 0 Å².